The Morgan fingerprint density at radius 3 is 2.81 bits per heavy atom. The lowest BCUT2D eigenvalue weighted by atomic mass is 10.00. The molecule has 1 saturated heterocycles. The molecule has 1 aliphatic rings. The van der Waals surface area contributed by atoms with Crippen molar-refractivity contribution in [1.29, 1.82) is 0 Å². The topological polar surface area (TPSA) is 82.0 Å². The van der Waals surface area contributed by atoms with Crippen LogP contribution in [-0.4, -0.2) is 32.7 Å². The maximum Gasteiger partial charge on any atom is 0.250 e. The normalized spacial score (nSPS) is 14.8. The van der Waals surface area contributed by atoms with Crippen LogP contribution in [0, 0.1) is 0 Å². The smallest absolute Gasteiger partial charge is 0.250 e. The second kappa shape index (κ2) is 8.17. The van der Waals surface area contributed by atoms with Gasteiger partial charge in [-0.05, 0) is 31.0 Å². The Morgan fingerprint density at radius 2 is 2.03 bits per heavy atom. The van der Waals surface area contributed by atoms with E-state index in [2.05, 4.69) is 9.97 Å². The monoisotopic (exact) mass is 436 g/mol. The third-order valence-electron chi connectivity index (χ3n) is 5.58. The molecule has 1 aromatic carbocycles. The Kier molecular flexibility index (Phi) is 5.21. The number of hydrogen-bond acceptors (Lipinski definition) is 5. The van der Waals surface area contributed by atoms with Crippen molar-refractivity contribution in [2.75, 3.05) is 13.2 Å². The number of benzene rings is 1. The molecule has 3 aromatic heterocycles. The number of aromatic amines is 1. The lowest BCUT2D eigenvalue weighted by molar-refractivity contribution is 0.0838. The van der Waals surface area contributed by atoms with Gasteiger partial charge in [-0.15, -0.1) is 0 Å². The fraction of sp³-hybridized carbons (Fsp3) is 0.261. The van der Waals surface area contributed by atoms with E-state index in [0.29, 0.717) is 22.4 Å². The lowest BCUT2D eigenvalue weighted by Crippen LogP contribution is -2.15. The number of halogens is 1. The number of ether oxygens (including phenoxy) is 2. The van der Waals surface area contributed by atoms with Gasteiger partial charge in [-0.3, -0.25) is 9.78 Å². The second-order valence-electron chi connectivity index (χ2n) is 7.62. The Morgan fingerprint density at radius 1 is 1.19 bits per heavy atom. The molecule has 1 aliphatic heterocycles. The van der Waals surface area contributed by atoms with E-state index in [1.54, 1.807) is 48.4 Å². The molecule has 0 amide bonds. The van der Waals surface area contributed by atoms with Crippen LogP contribution in [0.25, 0.3) is 22.2 Å². The van der Waals surface area contributed by atoms with Gasteiger partial charge < -0.3 is 19.0 Å². The van der Waals surface area contributed by atoms with Gasteiger partial charge in [0.1, 0.15) is 22.1 Å². The number of aryl methyl sites for hydroxylation is 1. The van der Waals surface area contributed by atoms with Crippen molar-refractivity contribution < 1.29 is 9.47 Å². The summed E-state index contributed by atoms with van der Waals surface area (Å²) in [5.41, 5.74) is 3.20. The van der Waals surface area contributed by atoms with Gasteiger partial charge in [0.15, 0.2) is 5.75 Å². The number of nitrogens with zero attached hydrogens (tertiary/aromatic N) is 3. The van der Waals surface area contributed by atoms with E-state index < -0.39 is 0 Å². The zero-order valence-electron chi connectivity index (χ0n) is 17.0. The molecule has 0 aliphatic carbocycles. The van der Waals surface area contributed by atoms with Gasteiger partial charge in [-0.25, -0.2) is 4.98 Å². The van der Waals surface area contributed by atoms with Gasteiger partial charge in [0.25, 0.3) is 0 Å². The number of H-pyrrole nitrogens is 1. The molecule has 0 unspecified atom stereocenters. The predicted molar refractivity (Wildman–Crippen MR) is 119 cm³/mol. The molecule has 7 nitrogen and oxygen atoms in total. The van der Waals surface area contributed by atoms with Gasteiger partial charge in [0, 0.05) is 68.0 Å². The van der Waals surface area contributed by atoms with E-state index in [9.17, 15) is 4.79 Å². The molecule has 8 heteroatoms. The third kappa shape index (κ3) is 3.82. The van der Waals surface area contributed by atoms with Crippen molar-refractivity contribution in [3.63, 3.8) is 0 Å². The van der Waals surface area contributed by atoms with Crippen LogP contribution in [-0.2, 0) is 11.8 Å². The number of aromatic nitrogens is 4. The molecule has 0 spiro atoms. The quantitative estimate of drug-likeness (QED) is 0.503. The Labute approximate surface area is 183 Å². The molecular weight excluding hydrogens is 416 g/mol. The summed E-state index contributed by atoms with van der Waals surface area (Å²) in [5, 5.41) is 0.408. The highest BCUT2D eigenvalue weighted by molar-refractivity contribution is 6.31. The van der Waals surface area contributed by atoms with E-state index in [0.717, 1.165) is 54.0 Å². The summed E-state index contributed by atoms with van der Waals surface area (Å²) >= 11 is 6.32. The largest absolute Gasteiger partial charge is 0.453 e. The lowest BCUT2D eigenvalue weighted by Gasteiger charge is -2.19. The summed E-state index contributed by atoms with van der Waals surface area (Å²) in [4.78, 5) is 24.3. The third-order valence-corrected chi connectivity index (χ3v) is 5.86. The van der Waals surface area contributed by atoms with Crippen LogP contribution < -0.4 is 10.3 Å². The van der Waals surface area contributed by atoms with E-state index in [-0.39, 0.29) is 5.56 Å². The molecule has 31 heavy (non-hydrogen) atoms. The predicted octanol–water partition coefficient (Wildman–Crippen LogP) is 4.66. The van der Waals surface area contributed by atoms with Crippen LogP contribution in [0.5, 0.6) is 11.5 Å². The van der Waals surface area contributed by atoms with E-state index in [1.165, 1.54) is 0 Å². The molecule has 0 radical (unpaired) electrons. The van der Waals surface area contributed by atoms with Crippen molar-refractivity contribution in [3.05, 3.63) is 70.1 Å². The first-order valence-corrected chi connectivity index (χ1v) is 10.5. The highest BCUT2D eigenvalue weighted by atomic mass is 35.5. The minimum absolute atomic E-state index is 0.0777. The van der Waals surface area contributed by atoms with Crippen LogP contribution in [0.4, 0.5) is 0 Å². The number of imidazole rings is 1. The maximum atomic E-state index is 11.9. The summed E-state index contributed by atoms with van der Waals surface area (Å²) in [7, 11) is 1.72. The second-order valence-corrected chi connectivity index (χ2v) is 8.03. The fourth-order valence-electron chi connectivity index (χ4n) is 3.87. The molecule has 158 valence electrons. The first kappa shape index (κ1) is 19.8. The zero-order chi connectivity index (χ0) is 21.4. The first-order chi connectivity index (χ1) is 15.1. The number of rotatable bonds is 4. The van der Waals surface area contributed by atoms with Crippen LogP contribution in [0.3, 0.4) is 0 Å². The van der Waals surface area contributed by atoms with E-state index in [1.807, 2.05) is 12.1 Å². The minimum atomic E-state index is -0.0777. The Balaban J connectivity index is 1.68. The van der Waals surface area contributed by atoms with Crippen LogP contribution in [0.15, 0.2) is 53.7 Å². The molecule has 1 N–H and O–H groups in total. The summed E-state index contributed by atoms with van der Waals surface area (Å²) < 4.78 is 13.3. The van der Waals surface area contributed by atoms with Gasteiger partial charge in [-0.2, -0.15) is 0 Å². The maximum absolute atomic E-state index is 11.9. The Hall–Kier alpha value is -3.16. The average Bonchev–Trinajstić information content (AvgIpc) is 3.23. The number of nitrogens with one attached hydrogen (secondary N) is 1. The van der Waals surface area contributed by atoms with Crippen molar-refractivity contribution in [2.45, 2.75) is 18.8 Å². The molecule has 5 rings (SSSR count). The van der Waals surface area contributed by atoms with Gasteiger partial charge in [0.2, 0.25) is 5.56 Å². The molecule has 0 saturated carbocycles. The SMILES string of the molecule is Cn1cc(-c2ccc3[nH]c(C4CCOCC4)nc3c2Oc2ccncc2Cl)ccc1=O. The highest BCUT2D eigenvalue weighted by Gasteiger charge is 2.22. The van der Waals surface area contributed by atoms with Gasteiger partial charge >= 0.3 is 0 Å². The van der Waals surface area contributed by atoms with Crippen molar-refractivity contribution in [2.24, 2.45) is 7.05 Å². The summed E-state index contributed by atoms with van der Waals surface area (Å²) in [6, 6.07) is 9.01. The molecule has 4 aromatic rings. The summed E-state index contributed by atoms with van der Waals surface area (Å²) in [6.07, 6.45) is 6.82. The minimum Gasteiger partial charge on any atom is -0.453 e. The van der Waals surface area contributed by atoms with Crippen molar-refractivity contribution in [1.82, 2.24) is 19.5 Å². The van der Waals surface area contributed by atoms with Crippen LogP contribution >= 0.6 is 11.6 Å². The van der Waals surface area contributed by atoms with E-state index >= 15 is 0 Å². The van der Waals surface area contributed by atoms with Crippen molar-refractivity contribution in [3.8, 4) is 22.6 Å². The molecule has 1 fully saturated rings. The van der Waals surface area contributed by atoms with Crippen molar-refractivity contribution >= 4 is 22.6 Å². The number of hydrogen-bond donors (Lipinski definition) is 1. The Bertz CT molecular complexity index is 1310. The van der Waals surface area contributed by atoms with Crippen LogP contribution in [0.1, 0.15) is 24.6 Å². The molecule has 0 bridgehead atoms. The summed E-state index contributed by atoms with van der Waals surface area (Å²) in [5.74, 6) is 2.32. The van der Waals surface area contributed by atoms with Gasteiger partial charge in [-0.1, -0.05) is 11.6 Å². The average molecular weight is 437 g/mol. The number of pyridine rings is 2. The zero-order valence-corrected chi connectivity index (χ0v) is 17.7. The highest BCUT2D eigenvalue weighted by Crippen LogP contribution is 2.41. The van der Waals surface area contributed by atoms with Crippen LogP contribution in [0.2, 0.25) is 5.02 Å². The van der Waals surface area contributed by atoms with Gasteiger partial charge in [0.05, 0.1) is 5.52 Å². The standard InChI is InChI=1S/C23H21ClN4O3/c1-28-13-15(2-5-20(28)29)16-3-4-18-21(22(16)31-19-6-9-25-12-17(19)24)27-23(26-18)14-7-10-30-11-8-14/h2-6,9,12-14H,7-8,10-11H2,1H3,(H,26,27). The molecule has 4 heterocycles. The first-order valence-electron chi connectivity index (χ1n) is 10.1. The molecule has 0 atom stereocenters. The number of fused-ring (bicyclic) bond motifs is 1. The molecular formula is C23H21ClN4O3. The fourth-order valence-corrected chi connectivity index (χ4v) is 4.03. The summed E-state index contributed by atoms with van der Waals surface area (Å²) in [6.45, 7) is 1.47. The van der Waals surface area contributed by atoms with E-state index in [4.69, 9.17) is 26.1 Å².